The molecule has 1 aliphatic rings. The highest BCUT2D eigenvalue weighted by molar-refractivity contribution is 14.1. The average Bonchev–Trinajstić information content (AvgIpc) is 2.79. The fraction of sp³-hybridized carbons (Fsp3) is 0.385. The van der Waals surface area contributed by atoms with E-state index in [9.17, 15) is 9.18 Å². The van der Waals surface area contributed by atoms with Gasteiger partial charge in [-0.25, -0.2) is 4.39 Å². The number of amides is 1. The van der Waals surface area contributed by atoms with Crippen LogP contribution in [0, 0.1) is 20.7 Å². The molecule has 1 fully saturated rings. The van der Waals surface area contributed by atoms with Crippen LogP contribution in [0.15, 0.2) is 12.1 Å². The van der Waals surface area contributed by atoms with E-state index in [4.69, 9.17) is 10.00 Å². The van der Waals surface area contributed by atoms with Crippen LogP contribution in [0.1, 0.15) is 18.4 Å². The van der Waals surface area contributed by atoms with Crippen molar-refractivity contribution in [3.05, 3.63) is 27.1 Å². The number of carbonyl (C=O) groups excluding carboxylic acids is 1. The van der Waals surface area contributed by atoms with Gasteiger partial charge in [0.15, 0.2) is 11.6 Å². The SMILES string of the molecule is N#Cc1c(I)ccc(OCCN2CCCC2=O)c1F. The summed E-state index contributed by atoms with van der Waals surface area (Å²) in [5.74, 6) is -0.463. The van der Waals surface area contributed by atoms with E-state index in [1.807, 2.05) is 28.7 Å². The zero-order valence-electron chi connectivity index (χ0n) is 10.2. The van der Waals surface area contributed by atoms with Gasteiger partial charge in [0.05, 0.1) is 6.54 Å². The Labute approximate surface area is 124 Å². The Bertz CT molecular complexity index is 542. The molecular weight excluding hydrogens is 362 g/mol. The van der Waals surface area contributed by atoms with Gasteiger partial charge >= 0.3 is 0 Å². The van der Waals surface area contributed by atoms with Crippen molar-refractivity contribution in [2.45, 2.75) is 12.8 Å². The number of rotatable bonds is 4. The number of halogens is 2. The van der Waals surface area contributed by atoms with Gasteiger partial charge in [-0.2, -0.15) is 5.26 Å². The second kappa shape index (κ2) is 6.19. The topological polar surface area (TPSA) is 53.3 Å². The van der Waals surface area contributed by atoms with E-state index in [0.717, 1.165) is 13.0 Å². The van der Waals surface area contributed by atoms with Crippen LogP contribution >= 0.6 is 22.6 Å². The summed E-state index contributed by atoms with van der Waals surface area (Å²) in [5.41, 5.74) is -0.00431. The molecule has 0 unspecified atom stereocenters. The quantitative estimate of drug-likeness (QED) is 0.761. The number of ether oxygens (including phenoxy) is 1. The number of hydrogen-bond acceptors (Lipinski definition) is 3. The number of likely N-dealkylation sites (tertiary alicyclic amines) is 1. The minimum atomic E-state index is -0.637. The molecule has 1 aromatic rings. The zero-order chi connectivity index (χ0) is 13.8. The smallest absolute Gasteiger partial charge is 0.222 e. The van der Waals surface area contributed by atoms with Crippen molar-refractivity contribution in [1.29, 1.82) is 5.26 Å². The molecule has 1 aliphatic heterocycles. The van der Waals surface area contributed by atoms with Crippen LogP contribution in [-0.2, 0) is 4.79 Å². The van der Waals surface area contributed by atoms with Gasteiger partial charge in [-0.1, -0.05) is 0 Å². The van der Waals surface area contributed by atoms with Crippen LogP contribution in [0.5, 0.6) is 5.75 Å². The van der Waals surface area contributed by atoms with Gasteiger partial charge in [0.2, 0.25) is 5.91 Å². The van der Waals surface area contributed by atoms with Gasteiger partial charge in [-0.05, 0) is 41.1 Å². The largest absolute Gasteiger partial charge is 0.489 e. The molecule has 2 rings (SSSR count). The van der Waals surface area contributed by atoms with Gasteiger partial charge in [0, 0.05) is 16.5 Å². The van der Waals surface area contributed by atoms with E-state index in [1.54, 1.807) is 11.0 Å². The first kappa shape index (κ1) is 14.1. The second-order valence-electron chi connectivity index (χ2n) is 4.18. The molecule has 0 spiro atoms. The van der Waals surface area contributed by atoms with Crippen molar-refractivity contribution >= 4 is 28.5 Å². The van der Waals surface area contributed by atoms with Crippen LogP contribution in [0.25, 0.3) is 0 Å². The second-order valence-corrected chi connectivity index (χ2v) is 5.34. The Morgan fingerprint density at radius 3 is 2.95 bits per heavy atom. The normalized spacial score (nSPS) is 14.6. The highest BCUT2D eigenvalue weighted by Gasteiger charge is 2.20. The first-order chi connectivity index (χ1) is 9.13. The fourth-order valence-corrected chi connectivity index (χ4v) is 2.49. The molecule has 100 valence electrons. The Morgan fingerprint density at radius 1 is 1.53 bits per heavy atom. The maximum Gasteiger partial charge on any atom is 0.222 e. The monoisotopic (exact) mass is 374 g/mol. The van der Waals surface area contributed by atoms with E-state index >= 15 is 0 Å². The molecule has 4 nitrogen and oxygen atoms in total. The molecule has 0 aliphatic carbocycles. The lowest BCUT2D eigenvalue weighted by atomic mass is 10.2. The molecule has 6 heteroatoms. The minimum absolute atomic E-state index is 0.00431. The number of benzene rings is 1. The summed E-state index contributed by atoms with van der Waals surface area (Å²) in [6, 6.07) is 4.96. The van der Waals surface area contributed by atoms with E-state index in [-0.39, 0.29) is 23.8 Å². The summed E-state index contributed by atoms with van der Waals surface area (Å²) in [5, 5.41) is 8.85. The fourth-order valence-electron chi connectivity index (χ4n) is 1.95. The molecule has 0 atom stereocenters. The maximum absolute atomic E-state index is 13.9. The van der Waals surface area contributed by atoms with Crippen molar-refractivity contribution in [1.82, 2.24) is 4.90 Å². The van der Waals surface area contributed by atoms with Gasteiger partial charge in [-0.15, -0.1) is 0 Å². The summed E-state index contributed by atoms with van der Waals surface area (Å²) < 4.78 is 19.8. The molecule has 19 heavy (non-hydrogen) atoms. The third kappa shape index (κ3) is 3.15. The summed E-state index contributed by atoms with van der Waals surface area (Å²) >= 11 is 1.90. The van der Waals surface area contributed by atoms with Crippen molar-refractivity contribution in [3.63, 3.8) is 0 Å². The van der Waals surface area contributed by atoms with Crippen LogP contribution in [0.2, 0.25) is 0 Å². The third-order valence-corrected chi connectivity index (χ3v) is 3.86. The summed E-state index contributed by atoms with van der Waals surface area (Å²) in [6.45, 7) is 1.42. The van der Waals surface area contributed by atoms with Crippen molar-refractivity contribution < 1.29 is 13.9 Å². The van der Waals surface area contributed by atoms with Gasteiger partial charge < -0.3 is 9.64 Å². The zero-order valence-corrected chi connectivity index (χ0v) is 12.3. The number of carbonyl (C=O) groups is 1. The predicted octanol–water partition coefficient (Wildman–Crippen LogP) is 2.30. The molecule has 0 saturated carbocycles. The summed E-state index contributed by atoms with van der Waals surface area (Å²) in [6.07, 6.45) is 1.45. The van der Waals surface area contributed by atoms with E-state index in [2.05, 4.69) is 0 Å². The van der Waals surface area contributed by atoms with Crippen LogP contribution in [0.3, 0.4) is 0 Å². The number of nitriles is 1. The Morgan fingerprint density at radius 2 is 2.32 bits per heavy atom. The third-order valence-electron chi connectivity index (χ3n) is 2.96. The molecule has 1 aromatic carbocycles. The summed E-state index contributed by atoms with van der Waals surface area (Å²) in [4.78, 5) is 13.1. The van der Waals surface area contributed by atoms with E-state index < -0.39 is 5.82 Å². The first-order valence-electron chi connectivity index (χ1n) is 5.92. The highest BCUT2D eigenvalue weighted by Crippen LogP contribution is 2.24. The Kier molecular flexibility index (Phi) is 4.58. The van der Waals surface area contributed by atoms with Gasteiger partial charge in [-0.3, -0.25) is 4.79 Å². The van der Waals surface area contributed by atoms with Gasteiger partial charge in [0.1, 0.15) is 18.2 Å². The van der Waals surface area contributed by atoms with Crippen molar-refractivity contribution in [2.75, 3.05) is 19.7 Å². The minimum Gasteiger partial charge on any atom is -0.489 e. The lowest BCUT2D eigenvalue weighted by Gasteiger charge is -2.16. The first-order valence-corrected chi connectivity index (χ1v) is 7.00. The van der Waals surface area contributed by atoms with E-state index in [0.29, 0.717) is 16.5 Å². The molecular formula is C13H12FIN2O2. The summed E-state index contributed by atoms with van der Waals surface area (Å²) in [7, 11) is 0. The van der Waals surface area contributed by atoms with E-state index in [1.165, 1.54) is 6.07 Å². The average molecular weight is 374 g/mol. The van der Waals surface area contributed by atoms with Crippen molar-refractivity contribution in [3.8, 4) is 11.8 Å². The highest BCUT2D eigenvalue weighted by atomic mass is 127. The Balaban J connectivity index is 1.97. The van der Waals surface area contributed by atoms with Crippen LogP contribution in [-0.4, -0.2) is 30.5 Å². The molecule has 1 amide bonds. The molecule has 1 heterocycles. The molecule has 0 N–H and O–H groups in total. The number of nitrogens with zero attached hydrogens (tertiary/aromatic N) is 2. The number of hydrogen-bond donors (Lipinski definition) is 0. The molecule has 0 radical (unpaired) electrons. The van der Waals surface area contributed by atoms with Gasteiger partial charge in [0.25, 0.3) is 0 Å². The van der Waals surface area contributed by atoms with Crippen LogP contribution < -0.4 is 4.74 Å². The maximum atomic E-state index is 13.9. The lowest BCUT2D eigenvalue weighted by molar-refractivity contribution is -0.128. The molecule has 1 saturated heterocycles. The Hall–Kier alpha value is -1.36. The lowest BCUT2D eigenvalue weighted by Crippen LogP contribution is -2.29. The molecule has 0 aromatic heterocycles. The van der Waals surface area contributed by atoms with Crippen molar-refractivity contribution in [2.24, 2.45) is 0 Å². The standard InChI is InChI=1S/C13H12FIN2O2/c14-13-9(8-16)10(15)3-4-11(13)19-7-6-17-5-1-2-12(17)18/h3-4H,1-2,5-7H2. The van der Waals surface area contributed by atoms with Crippen LogP contribution in [0.4, 0.5) is 4.39 Å². The predicted molar refractivity (Wildman–Crippen MR) is 75.1 cm³/mol. The molecule has 0 bridgehead atoms.